The molecule has 4 nitrogen and oxygen atoms in total. The molecule has 0 aromatic heterocycles. The Morgan fingerprint density at radius 3 is 2.05 bits per heavy atom. The molecular weight excluding hydrogens is 306 g/mol. The van der Waals surface area contributed by atoms with Crippen LogP contribution in [0, 0.1) is 0 Å². The summed E-state index contributed by atoms with van der Waals surface area (Å²) in [6.07, 6.45) is -2.13. The second kappa shape index (κ2) is 8.89. The summed E-state index contributed by atoms with van der Waals surface area (Å²) in [4.78, 5) is 0. The van der Waals surface area contributed by atoms with Gasteiger partial charge in [0.05, 0.1) is 32.3 Å². The zero-order chi connectivity index (χ0) is 15.8. The number of hydrogen-bond acceptors (Lipinski definition) is 4. The van der Waals surface area contributed by atoms with Crippen LogP contribution < -0.4 is 14.2 Å². The number of ether oxygens (including phenoxy) is 4. The van der Waals surface area contributed by atoms with E-state index in [9.17, 15) is 8.78 Å². The smallest absolute Gasteiger partial charge is 0.261 e. The molecule has 120 valence electrons. The molecular formula is C14H19ClF2O4. The summed E-state index contributed by atoms with van der Waals surface area (Å²) in [5, 5.41) is -0.488. The number of benzene rings is 1. The van der Waals surface area contributed by atoms with Crippen molar-refractivity contribution in [2.45, 2.75) is 18.2 Å². The van der Waals surface area contributed by atoms with E-state index in [1.165, 1.54) is 21.3 Å². The monoisotopic (exact) mass is 324 g/mol. The molecule has 1 rings (SSSR count). The van der Waals surface area contributed by atoms with Gasteiger partial charge in [-0.1, -0.05) is 0 Å². The third-order valence-corrected chi connectivity index (χ3v) is 3.26. The van der Waals surface area contributed by atoms with Crippen LogP contribution in [0.5, 0.6) is 17.2 Å². The first-order chi connectivity index (χ1) is 10.0. The number of rotatable bonds is 9. The van der Waals surface area contributed by atoms with Crippen molar-refractivity contribution < 1.29 is 27.7 Å². The average Bonchev–Trinajstić information content (AvgIpc) is 2.49. The van der Waals surface area contributed by atoms with E-state index in [0.717, 1.165) is 0 Å². The Kier molecular flexibility index (Phi) is 7.53. The Morgan fingerprint density at radius 1 is 1.05 bits per heavy atom. The van der Waals surface area contributed by atoms with E-state index >= 15 is 0 Å². The van der Waals surface area contributed by atoms with Crippen molar-refractivity contribution in [2.75, 3.05) is 34.5 Å². The molecule has 0 saturated heterocycles. The van der Waals surface area contributed by atoms with E-state index in [-0.39, 0.29) is 6.61 Å². The van der Waals surface area contributed by atoms with Crippen molar-refractivity contribution in [2.24, 2.45) is 0 Å². The lowest BCUT2D eigenvalue weighted by molar-refractivity contribution is 0.0164. The van der Waals surface area contributed by atoms with Crippen molar-refractivity contribution in [1.82, 2.24) is 0 Å². The van der Waals surface area contributed by atoms with Crippen LogP contribution in [0.3, 0.4) is 0 Å². The zero-order valence-corrected chi connectivity index (χ0v) is 13.0. The van der Waals surface area contributed by atoms with Crippen LogP contribution in [0.1, 0.15) is 17.4 Å². The predicted octanol–water partition coefficient (Wildman–Crippen LogP) is 3.66. The van der Waals surface area contributed by atoms with Gasteiger partial charge < -0.3 is 18.9 Å². The number of methoxy groups -OCH3 is 3. The van der Waals surface area contributed by atoms with Crippen molar-refractivity contribution in [3.63, 3.8) is 0 Å². The van der Waals surface area contributed by atoms with E-state index in [1.54, 1.807) is 12.1 Å². The second-order valence-corrected chi connectivity index (χ2v) is 4.69. The number of hydrogen-bond donors (Lipinski definition) is 0. The first-order valence-electron chi connectivity index (χ1n) is 6.33. The third kappa shape index (κ3) is 5.21. The highest BCUT2D eigenvalue weighted by Gasteiger charge is 2.21. The molecule has 1 atom stereocenters. The van der Waals surface area contributed by atoms with Gasteiger partial charge in [-0.05, 0) is 6.42 Å². The molecule has 1 aromatic rings. The standard InChI is InChI=1S/C14H19ClF2O4/c1-18-9-6-11(19-2)14(12(7-9)20-3)10(15)4-5-21-8-13(16)17/h6-7,10,13H,4-5,8H2,1-3H3. The highest BCUT2D eigenvalue weighted by molar-refractivity contribution is 6.21. The van der Waals surface area contributed by atoms with Crippen molar-refractivity contribution in [3.05, 3.63) is 17.7 Å². The minimum absolute atomic E-state index is 0.122. The molecule has 7 heteroatoms. The second-order valence-electron chi connectivity index (χ2n) is 4.17. The van der Waals surface area contributed by atoms with Gasteiger partial charge in [-0.3, -0.25) is 0 Å². The predicted molar refractivity (Wildman–Crippen MR) is 76.1 cm³/mol. The van der Waals surface area contributed by atoms with Gasteiger partial charge in [-0.2, -0.15) is 0 Å². The first kappa shape index (κ1) is 17.8. The van der Waals surface area contributed by atoms with Gasteiger partial charge in [-0.25, -0.2) is 8.78 Å². The Hall–Kier alpha value is -1.27. The highest BCUT2D eigenvalue weighted by Crippen LogP contribution is 2.42. The largest absolute Gasteiger partial charge is 0.496 e. The third-order valence-electron chi connectivity index (χ3n) is 2.83. The summed E-state index contributed by atoms with van der Waals surface area (Å²) in [6.45, 7) is -0.475. The maximum Gasteiger partial charge on any atom is 0.261 e. The molecule has 0 amide bonds. The van der Waals surface area contributed by atoms with Crippen LogP contribution in [-0.2, 0) is 4.74 Å². The fraction of sp³-hybridized carbons (Fsp3) is 0.571. The molecule has 1 aromatic carbocycles. The van der Waals surface area contributed by atoms with Gasteiger partial charge in [0.1, 0.15) is 23.9 Å². The van der Waals surface area contributed by atoms with Gasteiger partial charge in [-0.15, -0.1) is 11.6 Å². The van der Waals surface area contributed by atoms with Crippen LogP contribution in [0.15, 0.2) is 12.1 Å². The average molecular weight is 325 g/mol. The summed E-state index contributed by atoms with van der Waals surface area (Å²) in [6, 6.07) is 3.38. The minimum atomic E-state index is -2.48. The molecule has 0 aliphatic rings. The van der Waals surface area contributed by atoms with E-state index in [1.807, 2.05) is 0 Å². The molecule has 0 saturated carbocycles. The lowest BCUT2D eigenvalue weighted by Crippen LogP contribution is -2.08. The SMILES string of the molecule is COc1cc(OC)c(C(Cl)CCOCC(F)F)c(OC)c1. The molecule has 0 aliphatic carbocycles. The Labute approximate surface area is 127 Å². The normalized spacial score (nSPS) is 12.3. The van der Waals surface area contributed by atoms with Crippen LogP contribution in [0.2, 0.25) is 0 Å². The molecule has 0 bridgehead atoms. The fourth-order valence-electron chi connectivity index (χ4n) is 1.84. The molecule has 0 radical (unpaired) electrons. The molecule has 0 heterocycles. The van der Waals surface area contributed by atoms with Gasteiger partial charge in [0.15, 0.2) is 0 Å². The van der Waals surface area contributed by atoms with Gasteiger partial charge >= 0.3 is 0 Å². The molecule has 21 heavy (non-hydrogen) atoms. The van der Waals surface area contributed by atoms with Crippen molar-refractivity contribution in [1.29, 1.82) is 0 Å². The molecule has 0 aliphatic heterocycles. The molecule has 1 unspecified atom stereocenters. The van der Waals surface area contributed by atoms with E-state index in [4.69, 9.17) is 30.5 Å². The van der Waals surface area contributed by atoms with Crippen LogP contribution in [-0.4, -0.2) is 41.0 Å². The van der Waals surface area contributed by atoms with Crippen LogP contribution in [0.25, 0.3) is 0 Å². The van der Waals surface area contributed by atoms with Gasteiger partial charge in [0.25, 0.3) is 6.43 Å². The molecule has 0 spiro atoms. The lowest BCUT2D eigenvalue weighted by Gasteiger charge is -2.18. The quantitative estimate of drug-likeness (QED) is 0.513. The van der Waals surface area contributed by atoms with E-state index in [2.05, 4.69) is 0 Å². The van der Waals surface area contributed by atoms with Gasteiger partial charge in [0, 0.05) is 18.7 Å². The molecule has 0 fully saturated rings. The Morgan fingerprint density at radius 2 is 1.62 bits per heavy atom. The maximum atomic E-state index is 12.0. The summed E-state index contributed by atoms with van der Waals surface area (Å²) in [7, 11) is 4.55. The van der Waals surface area contributed by atoms with E-state index in [0.29, 0.717) is 29.2 Å². The number of alkyl halides is 3. The summed E-state index contributed by atoms with van der Waals surface area (Å²) >= 11 is 6.32. The lowest BCUT2D eigenvalue weighted by atomic mass is 10.1. The summed E-state index contributed by atoms with van der Waals surface area (Å²) in [5.41, 5.74) is 0.642. The number of halogens is 3. The first-order valence-corrected chi connectivity index (χ1v) is 6.77. The van der Waals surface area contributed by atoms with Crippen LogP contribution in [0.4, 0.5) is 8.78 Å². The fourth-order valence-corrected chi connectivity index (χ4v) is 2.15. The van der Waals surface area contributed by atoms with Crippen molar-refractivity contribution in [3.8, 4) is 17.2 Å². The highest BCUT2D eigenvalue weighted by atomic mass is 35.5. The summed E-state index contributed by atoms with van der Waals surface area (Å²) < 4.78 is 44.5. The Balaban J connectivity index is 2.83. The van der Waals surface area contributed by atoms with Gasteiger partial charge in [0.2, 0.25) is 0 Å². The van der Waals surface area contributed by atoms with Crippen molar-refractivity contribution >= 4 is 11.6 Å². The maximum absolute atomic E-state index is 12.0. The van der Waals surface area contributed by atoms with Crippen LogP contribution >= 0.6 is 11.6 Å². The minimum Gasteiger partial charge on any atom is -0.496 e. The molecule has 0 N–H and O–H groups in total. The summed E-state index contributed by atoms with van der Waals surface area (Å²) in [5.74, 6) is 1.60. The topological polar surface area (TPSA) is 36.9 Å². The zero-order valence-electron chi connectivity index (χ0n) is 12.2. The Bertz CT molecular complexity index is 418. The van der Waals surface area contributed by atoms with E-state index < -0.39 is 18.4 Å².